The molecule has 20 heavy (non-hydrogen) atoms. The van der Waals surface area contributed by atoms with Crippen molar-refractivity contribution in [1.82, 2.24) is 5.32 Å². The minimum Gasteiger partial charge on any atom is -0.383 e. The van der Waals surface area contributed by atoms with Crippen LogP contribution >= 0.6 is 0 Å². The van der Waals surface area contributed by atoms with Gasteiger partial charge in [-0.2, -0.15) is 0 Å². The number of fused-ring (bicyclic) bond motifs is 1. The summed E-state index contributed by atoms with van der Waals surface area (Å²) in [6.07, 6.45) is 0. The van der Waals surface area contributed by atoms with Gasteiger partial charge in [0.1, 0.15) is 0 Å². The zero-order valence-corrected chi connectivity index (χ0v) is 13.4. The van der Waals surface area contributed by atoms with Gasteiger partial charge in [-0.15, -0.1) is 0 Å². The van der Waals surface area contributed by atoms with Gasteiger partial charge in [-0.3, -0.25) is 0 Å². The Kier molecular flexibility index (Phi) is 4.71. The van der Waals surface area contributed by atoms with E-state index in [4.69, 9.17) is 4.74 Å². The molecule has 0 saturated carbocycles. The molecule has 112 valence electrons. The molecule has 3 nitrogen and oxygen atoms in total. The van der Waals surface area contributed by atoms with Gasteiger partial charge in [-0.05, 0) is 24.0 Å². The molecule has 1 aliphatic heterocycles. The second-order valence-corrected chi connectivity index (χ2v) is 6.88. The van der Waals surface area contributed by atoms with Crippen LogP contribution in [-0.2, 0) is 11.3 Å². The lowest BCUT2D eigenvalue weighted by molar-refractivity contribution is 0.177. The van der Waals surface area contributed by atoms with Crippen molar-refractivity contribution in [2.75, 3.05) is 25.2 Å². The highest BCUT2D eigenvalue weighted by Crippen LogP contribution is 2.30. The second kappa shape index (κ2) is 6.15. The van der Waals surface area contributed by atoms with Gasteiger partial charge in [0.15, 0.2) is 0 Å². The SMILES string of the molecule is COCC(C)N1CC(C(C)(C)C)NCc2ccccc21. The molecule has 0 saturated heterocycles. The molecular formula is C17H28N2O. The van der Waals surface area contributed by atoms with E-state index in [2.05, 4.69) is 62.2 Å². The number of anilines is 1. The van der Waals surface area contributed by atoms with Crippen molar-refractivity contribution >= 4 is 5.69 Å². The van der Waals surface area contributed by atoms with Crippen LogP contribution < -0.4 is 10.2 Å². The molecule has 3 heteroatoms. The predicted molar refractivity (Wildman–Crippen MR) is 85.2 cm³/mol. The van der Waals surface area contributed by atoms with Crippen LogP contribution in [0.2, 0.25) is 0 Å². The Morgan fingerprint density at radius 3 is 2.70 bits per heavy atom. The molecule has 0 amide bonds. The fourth-order valence-corrected chi connectivity index (χ4v) is 2.86. The molecule has 0 aliphatic carbocycles. The monoisotopic (exact) mass is 276 g/mol. The van der Waals surface area contributed by atoms with Crippen molar-refractivity contribution in [1.29, 1.82) is 0 Å². The summed E-state index contributed by atoms with van der Waals surface area (Å²) in [7, 11) is 1.78. The molecule has 0 radical (unpaired) electrons. The van der Waals surface area contributed by atoms with Crippen LogP contribution in [0.5, 0.6) is 0 Å². The number of para-hydroxylation sites is 1. The van der Waals surface area contributed by atoms with E-state index < -0.39 is 0 Å². The molecule has 1 aromatic rings. The van der Waals surface area contributed by atoms with Crippen molar-refractivity contribution in [2.45, 2.75) is 46.3 Å². The Balaban J connectivity index is 2.32. The fourth-order valence-electron chi connectivity index (χ4n) is 2.86. The molecule has 0 fully saturated rings. The van der Waals surface area contributed by atoms with Gasteiger partial charge < -0.3 is 15.0 Å². The maximum atomic E-state index is 5.37. The van der Waals surface area contributed by atoms with Gasteiger partial charge in [0, 0.05) is 38.0 Å². The maximum Gasteiger partial charge on any atom is 0.0663 e. The highest BCUT2D eigenvalue weighted by atomic mass is 16.5. The molecule has 1 aromatic carbocycles. The van der Waals surface area contributed by atoms with Crippen molar-refractivity contribution in [3.63, 3.8) is 0 Å². The summed E-state index contributed by atoms with van der Waals surface area (Å²) in [5, 5.41) is 3.72. The molecule has 1 heterocycles. The summed E-state index contributed by atoms with van der Waals surface area (Å²) in [6.45, 7) is 11.9. The zero-order chi connectivity index (χ0) is 14.8. The number of nitrogens with one attached hydrogen (secondary N) is 1. The van der Waals surface area contributed by atoms with E-state index in [1.54, 1.807) is 7.11 Å². The van der Waals surface area contributed by atoms with E-state index in [0.717, 1.165) is 19.7 Å². The third-order valence-corrected chi connectivity index (χ3v) is 4.20. The smallest absolute Gasteiger partial charge is 0.0663 e. The Hall–Kier alpha value is -1.06. The molecular weight excluding hydrogens is 248 g/mol. The van der Waals surface area contributed by atoms with Gasteiger partial charge in [0.25, 0.3) is 0 Å². The highest BCUT2D eigenvalue weighted by molar-refractivity contribution is 5.55. The Morgan fingerprint density at radius 1 is 1.35 bits per heavy atom. The third kappa shape index (κ3) is 3.33. The third-order valence-electron chi connectivity index (χ3n) is 4.20. The van der Waals surface area contributed by atoms with E-state index in [1.165, 1.54) is 11.3 Å². The molecule has 1 N–H and O–H groups in total. The lowest BCUT2D eigenvalue weighted by Crippen LogP contribution is -2.49. The molecule has 2 unspecified atom stereocenters. The van der Waals surface area contributed by atoms with Gasteiger partial charge in [-0.25, -0.2) is 0 Å². The minimum atomic E-state index is 0.243. The molecule has 0 bridgehead atoms. The summed E-state index contributed by atoms with van der Waals surface area (Å²) >= 11 is 0. The van der Waals surface area contributed by atoms with Crippen LogP contribution in [0.15, 0.2) is 24.3 Å². The van der Waals surface area contributed by atoms with Gasteiger partial charge in [-0.1, -0.05) is 39.0 Å². The Labute approximate surface area is 123 Å². The molecule has 0 spiro atoms. The predicted octanol–water partition coefficient (Wildman–Crippen LogP) is 3.05. The quantitative estimate of drug-likeness (QED) is 0.918. The van der Waals surface area contributed by atoms with Crippen LogP contribution in [0.1, 0.15) is 33.3 Å². The van der Waals surface area contributed by atoms with Crippen LogP contribution in [0.4, 0.5) is 5.69 Å². The van der Waals surface area contributed by atoms with Crippen molar-refractivity contribution in [3.8, 4) is 0 Å². The van der Waals surface area contributed by atoms with Crippen molar-refractivity contribution in [3.05, 3.63) is 29.8 Å². The number of hydrogen-bond donors (Lipinski definition) is 1. The normalized spacial score (nSPS) is 21.2. The number of hydrogen-bond acceptors (Lipinski definition) is 3. The van der Waals surface area contributed by atoms with E-state index >= 15 is 0 Å². The van der Waals surface area contributed by atoms with Gasteiger partial charge in [0.2, 0.25) is 0 Å². The topological polar surface area (TPSA) is 24.5 Å². The number of benzene rings is 1. The number of ether oxygens (including phenoxy) is 1. The summed E-state index contributed by atoms with van der Waals surface area (Å²) in [4.78, 5) is 2.49. The number of methoxy groups -OCH3 is 1. The lowest BCUT2D eigenvalue weighted by Gasteiger charge is -2.37. The van der Waals surface area contributed by atoms with Crippen LogP contribution in [0.25, 0.3) is 0 Å². The lowest BCUT2D eigenvalue weighted by atomic mass is 9.86. The molecule has 2 atom stereocenters. The standard InChI is InChI=1S/C17H28N2O/c1-13(12-20-5)19-11-16(17(2,3)4)18-10-14-8-6-7-9-15(14)19/h6-9,13,16,18H,10-12H2,1-5H3. The summed E-state index contributed by atoms with van der Waals surface area (Å²) in [5.74, 6) is 0. The average Bonchev–Trinajstić information content (AvgIpc) is 2.58. The van der Waals surface area contributed by atoms with E-state index in [-0.39, 0.29) is 5.41 Å². The van der Waals surface area contributed by atoms with E-state index in [0.29, 0.717) is 12.1 Å². The first-order valence-corrected chi connectivity index (χ1v) is 7.50. The number of rotatable bonds is 3. The van der Waals surface area contributed by atoms with Crippen LogP contribution in [0.3, 0.4) is 0 Å². The zero-order valence-electron chi connectivity index (χ0n) is 13.4. The summed E-state index contributed by atoms with van der Waals surface area (Å²) < 4.78 is 5.37. The molecule has 1 aliphatic rings. The van der Waals surface area contributed by atoms with Gasteiger partial charge >= 0.3 is 0 Å². The first-order valence-electron chi connectivity index (χ1n) is 7.50. The average molecular weight is 276 g/mol. The first-order chi connectivity index (χ1) is 9.43. The van der Waals surface area contributed by atoms with E-state index in [9.17, 15) is 0 Å². The van der Waals surface area contributed by atoms with Crippen LogP contribution in [-0.4, -0.2) is 32.3 Å². The van der Waals surface area contributed by atoms with E-state index in [1.807, 2.05) is 0 Å². The van der Waals surface area contributed by atoms with Crippen molar-refractivity contribution < 1.29 is 4.74 Å². The Bertz CT molecular complexity index is 439. The summed E-state index contributed by atoms with van der Waals surface area (Å²) in [6, 6.07) is 9.55. The van der Waals surface area contributed by atoms with Gasteiger partial charge in [0.05, 0.1) is 6.61 Å². The minimum absolute atomic E-state index is 0.243. The fraction of sp³-hybridized carbons (Fsp3) is 0.647. The number of nitrogens with zero attached hydrogens (tertiary/aromatic N) is 1. The highest BCUT2D eigenvalue weighted by Gasteiger charge is 2.31. The largest absolute Gasteiger partial charge is 0.383 e. The maximum absolute atomic E-state index is 5.37. The first kappa shape index (κ1) is 15.3. The van der Waals surface area contributed by atoms with Crippen LogP contribution in [0, 0.1) is 5.41 Å². The summed E-state index contributed by atoms with van der Waals surface area (Å²) in [5.41, 5.74) is 2.96. The molecule has 2 rings (SSSR count). The van der Waals surface area contributed by atoms with Crippen molar-refractivity contribution in [2.24, 2.45) is 5.41 Å². The second-order valence-electron chi connectivity index (χ2n) is 6.88. The molecule has 0 aromatic heterocycles. The Morgan fingerprint density at radius 2 is 2.05 bits per heavy atom.